The lowest BCUT2D eigenvalue weighted by molar-refractivity contribution is -0.0110. The minimum atomic E-state index is -0.121. The normalized spacial score (nSPS) is 16.6. The first-order valence-electron chi connectivity index (χ1n) is 9.94. The molecule has 0 spiro atoms. The van der Waals surface area contributed by atoms with E-state index in [2.05, 4.69) is 10.3 Å². The Morgan fingerprint density at radius 3 is 2.86 bits per heavy atom. The zero-order chi connectivity index (χ0) is 19.8. The van der Waals surface area contributed by atoms with E-state index in [4.69, 9.17) is 9.47 Å². The lowest BCUT2D eigenvalue weighted by Gasteiger charge is -2.22. The van der Waals surface area contributed by atoms with Crippen molar-refractivity contribution in [2.24, 2.45) is 7.05 Å². The zero-order valence-electron chi connectivity index (χ0n) is 16.8. The third kappa shape index (κ3) is 5.99. The maximum absolute atomic E-state index is 12.3. The average molecular weight is 386 g/mol. The summed E-state index contributed by atoms with van der Waals surface area (Å²) >= 11 is 0. The van der Waals surface area contributed by atoms with Crippen LogP contribution in [0.3, 0.4) is 0 Å². The molecule has 28 heavy (non-hydrogen) atoms. The molecule has 0 aliphatic carbocycles. The number of amides is 2. The van der Waals surface area contributed by atoms with Crippen LogP contribution in [0.2, 0.25) is 0 Å². The Morgan fingerprint density at radius 1 is 1.36 bits per heavy atom. The van der Waals surface area contributed by atoms with Crippen LogP contribution in [-0.4, -0.2) is 53.4 Å². The van der Waals surface area contributed by atoms with Gasteiger partial charge >= 0.3 is 6.03 Å². The van der Waals surface area contributed by atoms with E-state index < -0.39 is 0 Å². The molecule has 0 saturated carbocycles. The molecule has 7 heteroatoms. The average Bonchev–Trinajstić information content (AvgIpc) is 3.13. The van der Waals surface area contributed by atoms with Crippen molar-refractivity contribution in [3.63, 3.8) is 0 Å². The van der Waals surface area contributed by atoms with E-state index in [0.717, 1.165) is 49.6 Å². The summed E-state index contributed by atoms with van der Waals surface area (Å²) in [5, 5.41) is 2.92. The van der Waals surface area contributed by atoms with Crippen molar-refractivity contribution in [2.45, 2.75) is 38.2 Å². The van der Waals surface area contributed by atoms with Crippen molar-refractivity contribution in [3.05, 3.63) is 42.5 Å². The molecule has 1 saturated heterocycles. The number of hydrogen-bond donors (Lipinski definition) is 1. The van der Waals surface area contributed by atoms with Crippen molar-refractivity contribution in [1.29, 1.82) is 0 Å². The second-order valence-electron chi connectivity index (χ2n) is 7.23. The molecule has 1 fully saturated rings. The molecule has 3 rings (SSSR count). The first-order valence-corrected chi connectivity index (χ1v) is 9.94. The van der Waals surface area contributed by atoms with Gasteiger partial charge in [-0.3, -0.25) is 0 Å². The molecule has 0 unspecified atom stereocenters. The molecule has 7 nitrogen and oxygen atoms in total. The lowest BCUT2D eigenvalue weighted by Crippen LogP contribution is -2.32. The number of carbonyl (C=O) groups is 1. The summed E-state index contributed by atoms with van der Waals surface area (Å²) in [6.45, 7) is 2.07. The maximum atomic E-state index is 12.3. The van der Waals surface area contributed by atoms with E-state index in [9.17, 15) is 4.79 Å². The van der Waals surface area contributed by atoms with E-state index in [-0.39, 0.29) is 12.1 Å². The number of hydrogen-bond acceptors (Lipinski definition) is 4. The largest absolute Gasteiger partial charge is 0.491 e. The van der Waals surface area contributed by atoms with Gasteiger partial charge in [0.1, 0.15) is 18.2 Å². The summed E-state index contributed by atoms with van der Waals surface area (Å²) in [4.78, 5) is 18.3. The lowest BCUT2D eigenvalue weighted by atomic mass is 10.1. The minimum Gasteiger partial charge on any atom is -0.491 e. The fraction of sp³-hybridized carbons (Fsp3) is 0.524. The van der Waals surface area contributed by atoms with Crippen molar-refractivity contribution in [3.8, 4) is 5.75 Å². The molecule has 2 aromatic rings. The number of nitrogens with one attached hydrogen (secondary N) is 1. The number of aromatic nitrogens is 2. The summed E-state index contributed by atoms with van der Waals surface area (Å²) in [5.41, 5.74) is 0.752. The van der Waals surface area contributed by atoms with Crippen LogP contribution in [0.15, 0.2) is 36.7 Å². The van der Waals surface area contributed by atoms with Crippen molar-refractivity contribution in [1.82, 2.24) is 14.5 Å². The zero-order valence-corrected chi connectivity index (χ0v) is 16.8. The molecule has 0 bridgehead atoms. The fourth-order valence-corrected chi connectivity index (χ4v) is 3.19. The highest BCUT2D eigenvalue weighted by atomic mass is 16.5. The van der Waals surface area contributed by atoms with E-state index in [0.29, 0.717) is 13.2 Å². The highest BCUT2D eigenvalue weighted by Crippen LogP contribution is 2.18. The molecule has 152 valence electrons. The number of nitrogens with zero attached hydrogens (tertiary/aromatic N) is 3. The molecule has 1 aliphatic heterocycles. The Morgan fingerprint density at radius 2 is 2.18 bits per heavy atom. The summed E-state index contributed by atoms with van der Waals surface area (Å²) in [6.07, 6.45) is 9.02. The van der Waals surface area contributed by atoms with Gasteiger partial charge in [-0.2, -0.15) is 0 Å². The van der Waals surface area contributed by atoms with Crippen molar-refractivity contribution < 1.29 is 14.3 Å². The second kappa shape index (κ2) is 10.1. The monoisotopic (exact) mass is 386 g/mol. The van der Waals surface area contributed by atoms with Gasteiger partial charge in [0.05, 0.1) is 6.10 Å². The number of benzene rings is 1. The van der Waals surface area contributed by atoms with Gasteiger partial charge in [0.2, 0.25) is 0 Å². The molecule has 2 heterocycles. The highest BCUT2D eigenvalue weighted by molar-refractivity contribution is 5.89. The quantitative estimate of drug-likeness (QED) is 0.754. The molecule has 2 amide bonds. The van der Waals surface area contributed by atoms with Gasteiger partial charge in [-0.15, -0.1) is 0 Å². The Bertz CT molecular complexity index is 738. The number of carbonyl (C=O) groups excluding carboxylic acids is 1. The van der Waals surface area contributed by atoms with Gasteiger partial charge in [-0.05, 0) is 49.9 Å². The van der Waals surface area contributed by atoms with Crippen LogP contribution in [0, 0.1) is 0 Å². The van der Waals surface area contributed by atoms with E-state index in [1.807, 2.05) is 42.1 Å². The van der Waals surface area contributed by atoms with Crippen LogP contribution in [0.25, 0.3) is 0 Å². The third-order valence-corrected chi connectivity index (χ3v) is 4.98. The molecule has 1 N–H and O–H groups in total. The molecule has 1 aliphatic rings. The standard InChI is InChI=1S/C21H30N4O3/c1-24-14-12-22-20(24)7-5-13-25(2)21(26)23-17-8-10-18(11-9-17)28-16-19-6-3-4-15-27-19/h8-12,14,19H,3-7,13,15-16H2,1-2H3,(H,23,26)/t19-/m1/s1. The predicted molar refractivity (Wildman–Crippen MR) is 109 cm³/mol. The van der Waals surface area contributed by atoms with Gasteiger partial charge in [0, 0.05) is 51.7 Å². The number of imidazole rings is 1. The number of rotatable bonds is 8. The van der Waals surface area contributed by atoms with E-state index in [1.165, 1.54) is 6.42 Å². The van der Waals surface area contributed by atoms with Gasteiger partial charge in [0.25, 0.3) is 0 Å². The summed E-state index contributed by atoms with van der Waals surface area (Å²) in [5.74, 6) is 1.82. The Kier molecular flexibility index (Phi) is 7.31. The summed E-state index contributed by atoms with van der Waals surface area (Å²) in [7, 11) is 3.78. The van der Waals surface area contributed by atoms with E-state index >= 15 is 0 Å². The number of urea groups is 1. The van der Waals surface area contributed by atoms with Crippen molar-refractivity contribution in [2.75, 3.05) is 32.1 Å². The van der Waals surface area contributed by atoms with Crippen LogP contribution in [0.4, 0.5) is 10.5 Å². The van der Waals surface area contributed by atoms with Crippen LogP contribution < -0.4 is 10.1 Å². The summed E-state index contributed by atoms with van der Waals surface area (Å²) in [6, 6.07) is 7.34. The molecule has 1 aromatic carbocycles. The number of ether oxygens (including phenoxy) is 2. The SMILES string of the molecule is CN(CCCc1nccn1C)C(=O)Nc1ccc(OC[C@H]2CCCCO2)cc1. The molecule has 0 radical (unpaired) electrons. The molecular weight excluding hydrogens is 356 g/mol. The first-order chi connectivity index (χ1) is 13.6. The summed E-state index contributed by atoms with van der Waals surface area (Å²) < 4.78 is 13.5. The Hall–Kier alpha value is -2.54. The van der Waals surface area contributed by atoms with Gasteiger partial charge in [-0.1, -0.05) is 0 Å². The molecule has 1 atom stereocenters. The number of aryl methyl sites for hydroxylation is 2. The third-order valence-electron chi connectivity index (χ3n) is 4.98. The number of anilines is 1. The second-order valence-corrected chi connectivity index (χ2v) is 7.23. The fourth-order valence-electron chi connectivity index (χ4n) is 3.19. The van der Waals surface area contributed by atoms with Crippen LogP contribution in [0.5, 0.6) is 5.75 Å². The Labute approximate surface area is 166 Å². The van der Waals surface area contributed by atoms with Gasteiger partial charge < -0.3 is 24.3 Å². The molecular formula is C21H30N4O3. The Balaban J connectivity index is 1.38. The predicted octanol–water partition coefficient (Wildman–Crippen LogP) is 3.46. The van der Waals surface area contributed by atoms with Crippen LogP contribution >= 0.6 is 0 Å². The minimum absolute atomic E-state index is 0.121. The van der Waals surface area contributed by atoms with Gasteiger partial charge in [-0.25, -0.2) is 9.78 Å². The molecule has 1 aromatic heterocycles. The maximum Gasteiger partial charge on any atom is 0.321 e. The van der Waals surface area contributed by atoms with E-state index in [1.54, 1.807) is 18.1 Å². The van der Waals surface area contributed by atoms with Crippen LogP contribution in [-0.2, 0) is 18.2 Å². The first kappa shape index (κ1) is 20.2. The topological polar surface area (TPSA) is 68.6 Å². The van der Waals surface area contributed by atoms with Crippen LogP contribution in [0.1, 0.15) is 31.5 Å². The smallest absolute Gasteiger partial charge is 0.321 e. The van der Waals surface area contributed by atoms with Crippen molar-refractivity contribution >= 4 is 11.7 Å². The highest BCUT2D eigenvalue weighted by Gasteiger charge is 2.14. The van der Waals surface area contributed by atoms with Gasteiger partial charge in [0.15, 0.2) is 0 Å².